The van der Waals surface area contributed by atoms with Gasteiger partial charge in [-0.15, -0.1) is 11.8 Å². The third-order valence-electron chi connectivity index (χ3n) is 2.19. The van der Waals surface area contributed by atoms with Crippen LogP contribution in [0.4, 0.5) is 5.69 Å². The predicted octanol–water partition coefficient (Wildman–Crippen LogP) is 3.37. The van der Waals surface area contributed by atoms with Crippen LogP contribution in [0.3, 0.4) is 0 Å². The molecule has 0 saturated heterocycles. The molecule has 1 aliphatic heterocycles. The van der Waals surface area contributed by atoms with Gasteiger partial charge < -0.3 is 5.32 Å². The maximum atomic E-state index is 11.5. The molecule has 0 atom stereocenters. The summed E-state index contributed by atoms with van der Waals surface area (Å²) in [7, 11) is 0. The van der Waals surface area contributed by atoms with E-state index in [1.807, 2.05) is 0 Å². The first-order chi connectivity index (χ1) is 7.78. The van der Waals surface area contributed by atoms with Gasteiger partial charge in [-0.25, -0.2) is 0 Å². The van der Waals surface area contributed by atoms with Crippen LogP contribution in [-0.4, -0.2) is 16.4 Å². The van der Waals surface area contributed by atoms with E-state index in [1.54, 1.807) is 23.9 Å². The van der Waals surface area contributed by atoms with Crippen molar-refractivity contribution in [3.8, 4) is 0 Å². The molecule has 3 nitrogen and oxygen atoms in total. The molecule has 0 spiro atoms. The molecule has 1 N–H and O–H groups in total. The highest BCUT2D eigenvalue weighted by molar-refractivity contribution is 8.00. The van der Waals surface area contributed by atoms with Gasteiger partial charge in [-0.3, -0.25) is 9.59 Å². The number of benzene rings is 1. The van der Waals surface area contributed by atoms with E-state index in [0.29, 0.717) is 16.3 Å². The average molecular weight is 270 g/mol. The molecule has 0 radical (unpaired) electrons. The predicted molar refractivity (Wildman–Crippen MR) is 70.0 cm³/mol. The van der Waals surface area contributed by atoms with Crippen molar-refractivity contribution in [3.05, 3.63) is 22.7 Å². The molecule has 1 aromatic rings. The number of carbonyl (C=O) groups excluding carboxylic acids is 2. The number of nitrogens with one attached hydrogen (secondary N) is 1. The minimum atomic E-state index is -0.589. The van der Waals surface area contributed by atoms with E-state index in [-0.39, 0.29) is 4.75 Å². The topological polar surface area (TPSA) is 46.2 Å². The number of anilines is 1. The van der Waals surface area contributed by atoms with E-state index in [9.17, 15) is 9.59 Å². The molecule has 0 fully saturated rings. The second-order valence-electron chi connectivity index (χ2n) is 4.83. The molecule has 0 saturated carbocycles. The second kappa shape index (κ2) is 4.03. The molecule has 0 aromatic heterocycles. The maximum Gasteiger partial charge on any atom is 0.296 e. The van der Waals surface area contributed by atoms with E-state index in [2.05, 4.69) is 26.1 Å². The van der Waals surface area contributed by atoms with Crippen LogP contribution >= 0.6 is 23.4 Å². The summed E-state index contributed by atoms with van der Waals surface area (Å²) in [6.07, 6.45) is 0. The number of hydrogen-bond donors (Lipinski definition) is 1. The van der Waals surface area contributed by atoms with Gasteiger partial charge >= 0.3 is 0 Å². The Balaban J connectivity index is 2.44. The van der Waals surface area contributed by atoms with E-state index in [4.69, 9.17) is 11.6 Å². The van der Waals surface area contributed by atoms with Crippen LogP contribution in [0.25, 0.3) is 0 Å². The lowest BCUT2D eigenvalue weighted by atomic mass is 10.1. The number of rotatable bonds is 1. The van der Waals surface area contributed by atoms with Crippen LogP contribution in [0.2, 0.25) is 5.02 Å². The lowest BCUT2D eigenvalue weighted by Gasteiger charge is -2.18. The third kappa shape index (κ3) is 2.48. The molecule has 1 aromatic carbocycles. The lowest BCUT2D eigenvalue weighted by Crippen LogP contribution is -2.12. The zero-order valence-corrected chi connectivity index (χ0v) is 11.3. The Morgan fingerprint density at radius 1 is 1.24 bits per heavy atom. The monoisotopic (exact) mass is 269 g/mol. The minimum absolute atomic E-state index is 0.0184. The van der Waals surface area contributed by atoms with Gasteiger partial charge in [0.15, 0.2) is 0 Å². The number of ketones is 1. The summed E-state index contributed by atoms with van der Waals surface area (Å²) in [5.41, 5.74) is 0.911. The molecule has 2 rings (SSSR count). The molecule has 1 aliphatic rings. The Morgan fingerprint density at radius 2 is 1.88 bits per heavy atom. The van der Waals surface area contributed by atoms with Crippen LogP contribution in [0.15, 0.2) is 17.0 Å². The summed E-state index contributed by atoms with van der Waals surface area (Å²) in [4.78, 5) is 23.6. The number of amides is 1. The Bertz CT molecular complexity index is 520. The van der Waals surface area contributed by atoms with Crippen molar-refractivity contribution >= 4 is 40.7 Å². The van der Waals surface area contributed by atoms with Crippen LogP contribution in [0, 0.1) is 0 Å². The van der Waals surface area contributed by atoms with Gasteiger partial charge in [-0.1, -0.05) is 32.4 Å². The highest BCUT2D eigenvalue weighted by Gasteiger charge is 2.29. The standard InChI is InChI=1S/C12H12ClNO2S/c1-12(2,3)17-9-5-8-6(4-7(9)13)10(15)11(16)14-8/h4-5H,1-3H3,(H,14,15,16). The number of Topliss-reactive ketones (excluding diaryl/α,β-unsaturated/α-hetero) is 1. The number of thioether (sulfide) groups is 1. The van der Waals surface area contributed by atoms with Gasteiger partial charge in [0.25, 0.3) is 11.7 Å². The van der Waals surface area contributed by atoms with Crippen LogP contribution in [0.5, 0.6) is 0 Å². The second-order valence-corrected chi connectivity index (χ2v) is 7.10. The van der Waals surface area contributed by atoms with Crippen LogP contribution < -0.4 is 5.32 Å². The van der Waals surface area contributed by atoms with Crippen LogP contribution in [0.1, 0.15) is 31.1 Å². The van der Waals surface area contributed by atoms with Crippen LogP contribution in [-0.2, 0) is 4.79 Å². The lowest BCUT2D eigenvalue weighted by molar-refractivity contribution is -0.112. The van der Waals surface area contributed by atoms with E-state index >= 15 is 0 Å². The Kier molecular flexibility index (Phi) is 2.96. The fourth-order valence-corrected chi connectivity index (χ4v) is 2.83. The molecule has 1 heterocycles. The highest BCUT2D eigenvalue weighted by Crippen LogP contribution is 2.40. The molecule has 1 amide bonds. The summed E-state index contributed by atoms with van der Waals surface area (Å²) in [5, 5.41) is 3.05. The zero-order chi connectivity index (χ0) is 12.8. The zero-order valence-electron chi connectivity index (χ0n) is 9.76. The third-order valence-corrected chi connectivity index (χ3v) is 3.78. The maximum absolute atomic E-state index is 11.5. The van der Waals surface area contributed by atoms with Gasteiger partial charge in [0, 0.05) is 9.64 Å². The van der Waals surface area contributed by atoms with E-state index in [1.165, 1.54) is 0 Å². The van der Waals surface area contributed by atoms with Crippen molar-refractivity contribution < 1.29 is 9.59 Å². The van der Waals surface area contributed by atoms with E-state index in [0.717, 1.165) is 4.90 Å². The Hall–Kier alpha value is -1.00. The van der Waals surface area contributed by atoms with Gasteiger partial charge in [0.05, 0.1) is 16.3 Å². The number of hydrogen-bond acceptors (Lipinski definition) is 3. The summed E-state index contributed by atoms with van der Waals surface area (Å²) in [6, 6.07) is 3.32. The normalized spacial score (nSPS) is 14.8. The molecule has 17 heavy (non-hydrogen) atoms. The fourth-order valence-electron chi connectivity index (χ4n) is 1.55. The number of carbonyl (C=O) groups is 2. The van der Waals surface area contributed by atoms with Gasteiger partial charge in [0.2, 0.25) is 0 Å². The largest absolute Gasteiger partial charge is 0.318 e. The molecular weight excluding hydrogens is 258 g/mol. The summed E-state index contributed by atoms with van der Waals surface area (Å²) < 4.78 is 0.0184. The summed E-state index contributed by atoms with van der Waals surface area (Å²) in [6.45, 7) is 6.22. The van der Waals surface area contributed by atoms with Crippen molar-refractivity contribution in [3.63, 3.8) is 0 Å². The average Bonchev–Trinajstić information content (AvgIpc) is 2.43. The Morgan fingerprint density at radius 3 is 2.47 bits per heavy atom. The molecule has 90 valence electrons. The number of fused-ring (bicyclic) bond motifs is 1. The fraction of sp³-hybridized carbons (Fsp3) is 0.333. The van der Waals surface area contributed by atoms with Crippen molar-refractivity contribution in [2.45, 2.75) is 30.4 Å². The van der Waals surface area contributed by atoms with E-state index < -0.39 is 11.7 Å². The first-order valence-electron chi connectivity index (χ1n) is 5.16. The summed E-state index contributed by atoms with van der Waals surface area (Å²) in [5.74, 6) is -1.11. The minimum Gasteiger partial charge on any atom is -0.318 e. The van der Waals surface area contributed by atoms with Gasteiger partial charge in [-0.05, 0) is 12.1 Å². The van der Waals surface area contributed by atoms with Gasteiger partial charge in [0.1, 0.15) is 0 Å². The molecule has 0 aliphatic carbocycles. The SMILES string of the molecule is CC(C)(C)Sc1cc2c(cc1Cl)C(=O)C(=O)N2. The molecule has 0 bridgehead atoms. The first kappa shape index (κ1) is 12.5. The van der Waals surface area contributed by atoms with Gasteiger partial charge in [-0.2, -0.15) is 0 Å². The first-order valence-corrected chi connectivity index (χ1v) is 6.35. The van der Waals surface area contributed by atoms with Crippen molar-refractivity contribution in [2.75, 3.05) is 5.32 Å². The highest BCUT2D eigenvalue weighted by atomic mass is 35.5. The molecule has 0 unspecified atom stereocenters. The number of halogens is 1. The van der Waals surface area contributed by atoms with Crippen molar-refractivity contribution in [2.24, 2.45) is 0 Å². The van der Waals surface area contributed by atoms with Crippen molar-refractivity contribution in [1.29, 1.82) is 0 Å². The molecule has 5 heteroatoms. The van der Waals surface area contributed by atoms with Crippen molar-refractivity contribution in [1.82, 2.24) is 0 Å². The smallest absolute Gasteiger partial charge is 0.296 e. The Labute approximate surface area is 109 Å². The molecular formula is C12H12ClNO2S. The quantitative estimate of drug-likeness (QED) is 0.628. The summed E-state index contributed by atoms with van der Waals surface area (Å²) >= 11 is 7.72.